The number of fused-ring (bicyclic) bond motifs is 3. The molecule has 0 aromatic rings. The van der Waals surface area contributed by atoms with Gasteiger partial charge in [-0.2, -0.15) is 0 Å². The summed E-state index contributed by atoms with van der Waals surface area (Å²) < 4.78 is 17.0. The predicted molar refractivity (Wildman–Crippen MR) is 111 cm³/mol. The standard InChI is InChI=1S/C24H38O5/c1-15(10-13-27-17(3)25)8-11-22(5)16(2)9-12-23(6)20(22)14-19(28-18(4)26)21-24(23,7)29-21/h10,16,19-21H,8-9,11-14H2,1-7H3. The summed E-state index contributed by atoms with van der Waals surface area (Å²) in [6.07, 6.45) is 7.21. The molecule has 0 N–H and O–H groups in total. The number of carbonyl (C=O) groups excluding carboxylic acids is 2. The molecular weight excluding hydrogens is 368 g/mol. The molecule has 3 aliphatic rings. The summed E-state index contributed by atoms with van der Waals surface area (Å²) in [4.78, 5) is 22.7. The van der Waals surface area contributed by atoms with Crippen LogP contribution in [0.3, 0.4) is 0 Å². The fourth-order valence-corrected chi connectivity index (χ4v) is 6.30. The van der Waals surface area contributed by atoms with Gasteiger partial charge in [0.2, 0.25) is 0 Å². The molecule has 29 heavy (non-hydrogen) atoms. The van der Waals surface area contributed by atoms with Crippen molar-refractivity contribution in [2.24, 2.45) is 22.7 Å². The van der Waals surface area contributed by atoms with Gasteiger partial charge in [-0.3, -0.25) is 9.59 Å². The van der Waals surface area contributed by atoms with Gasteiger partial charge in [-0.25, -0.2) is 0 Å². The second-order valence-corrected chi connectivity index (χ2v) is 10.3. The second-order valence-electron chi connectivity index (χ2n) is 10.3. The molecule has 7 unspecified atom stereocenters. The van der Waals surface area contributed by atoms with Crippen LogP contribution in [0.15, 0.2) is 11.6 Å². The van der Waals surface area contributed by atoms with Crippen molar-refractivity contribution in [3.8, 4) is 0 Å². The summed E-state index contributed by atoms with van der Waals surface area (Å²) in [6.45, 7) is 14.8. The van der Waals surface area contributed by atoms with Crippen molar-refractivity contribution in [2.75, 3.05) is 6.61 Å². The lowest BCUT2D eigenvalue weighted by Gasteiger charge is -2.59. The first-order valence-corrected chi connectivity index (χ1v) is 11.1. The van der Waals surface area contributed by atoms with Crippen molar-refractivity contribution in [1.82, 2.24) is 0 Å². The molecule has 0 spiro atoms. The van der Waals surface area contributed by atoms with Gasteiger partial charge in [-0.05, 0) is 69.3 Å². The molecule has 0 bridgehead atoms. The lowest BCUT2D eigenvalue weighted by Crippen LogP contribution is -2.59. The monoisotopic (exact) mass is 406 g/mol. The predicted octanol–water partition coefficient (Wildman–Crippen LogP) is 4.83. The Labute approximate surface area is 175 Å². The molecule has 0 amide bonds. The number of epoxide rings is 1. The smallest absolute Gasteiger partial charge is 0.302 e. The Morgan fingerprint density at radius 1 is 1.14 bits per heavy atom. The van der Waals surface area contributed by atoms with Crippen LogP contribution < -0.4 is 0 Å². The van der Waals surface area contributed by atoms with Gasteiger partial charge in [-0.15, -0.1) is 0 Å². The normalized spacial score (nSPS) is 43.8. The van der Waals surface area contributed by atoms with E-state index in [1.807, 2.05) is 6.08 Å². The first-order chi connectivity index (χ1) is 13.4. The van der Waals surface area contributed by atoms with Crippen LogP contribution in [0.1, 0.15) is 80.6 Å². The van der Waals surface area contributed by atoms with Gasteiger partial charge in [-0.1, -0.05) is 26.3 Å². The molecule has 1 aliphatic heterocycles. The number of allylic oxidation sites excluding steroid dienone is 1. The third-order valence-corrected chi connectivity index (χ3v) is 8.68. The zero-order valence-electron chi connectivity index (χ0n) is 19.2. The van der Waals surface area contributed by atoms with Crippen LogP contribution in [-0.2, 0) is 23.8 Å². The van der Waals surface area contributed by atoms with E-state index in [2.05, 4.69) is 34.6 Å². The maximum absolute atomic E-state index is 11.7. The SMILES string of the molecule is CC(=O)OCC=C(C)CCC1(C)C(C)CCC2(C)C1CC(OC(C)=O)C1OC12C. The van der Waals surface area contributed by atoms with Crippen LogP contribution in [0.2, 0.25) is 0 Å². The van der Waals surface area contributed by atoms with Gasteiger partial charge in [0.05, 0.1) is 0 Å². The number of carbonyl (C=O) groups is 2. The average Bonchev–Trinajstić information content (AvgIpc) is 3.33. The van der Waals surface area contributed by atoms with E-state index < -0.39 is 0 Å². The molecule has 0 aromatic carbocycles. The molecule has 164 valence electrons. The Morgan fingerprint density at radius 3 is 2.45 bits per heavy atom. The highest BCUT2D eigenvalue weighted by atomic mass is 16.6. The van der Waals surface area contributed by atoms with Gasteiger partial charge in [0, 0.05) is 19.3 Å². The van der Waals surface area contributed by atoms with E-state index >= 15 is 0 Å². The zero-order chi connectivity index (χ0) is 21.6. The minimum absolute atomic E-state index is 0.0377. The third-order valence-electron chi connectivity index (χ3n) is 8.68. The molecule has 2 aliphatic carbocycles. The molecule has 3 rings (SSSR count). The molecule has 1 saturated heterocycles. The van der Waals surface area contributed by atoms with Crippen molar-refractivity contribution in [2.45, 2.75) is 98.4 Å². The summed E-state index contributed by atoms with van der Waals surface area (Å²) in [5.41, 5.74) is 1.30. The molecule has 0 aromatic heterocycles. The highest BCUT2D eigenvalue weighted by Crippen LogP contribution is 2.70. The van der Waals surface area contributed by atoms with Gasteiger partial charge >= 0.3 is 11.9 Å². The molecule has 5 heteroatoms. The van der Waals surface area contributed by atoms with E-state index in [4.69, 9.17) is 14.2 Å². The fraction of sp³-hybridized carbons (Fsp3) is 0.833. The van der Waals surface area contributed by atoms with E-state index in [0.717, 1.165) is 25.7 Å². The lowest BCUT2D eigenvalue weighted by atomic mass is 9.44. The second kappa shape index (κ2) is 7.72. The first-order valence-electron chi connectivity index (χ1n) is 11.1. The fourth-order valence-electron chi connectivity index (χ4n) is 6.30. The Hall–Kier alpha value is -1.36. The van der Waals surface area contributed by atoms with Crippen LogP contribution in [0.4, 0.5) is 0 Å². The van der Waals surface area contributed by atoms with Crippen molar-refractivity contribution in [3.05, 3.63) is 11.6 Å². The first kappa shape index (κ1) is 22.3. The molecule has 2 saturated carbocycles. The van der Waals surface area contributed by atoms with Crippen LogP contribution in [-0.4, -0.2) is 36.4 Å². The van der Waals surface area contributed by atoms with E-state index in [1.54, 1.807) is 0 Å². The van der Waals surface area contributed by atoms with Gasteiger partial charge in [0.1, 0.15) is 24.4 Å². The number of rotatable bonds is 6. The number of esters is 2. The number of hydrogen-bond acceptors (Lipinski definition) is 5. The van der Waals surface area contributed by atoms with Gasteiger partial charge < -0.3 is 14.2 Å². The van der Waals surface area contributed by atoms with Crippen LogP contribution in [0, 0.1) is 22.7 Å². The van der Waals surface area contributed by atoms with Crippen molar-refractivity contribution in [3.63, 3.8) is 0 Å². The van der Waals surface area contributed by atoms with E-state index in [1.165, 1.54) is 25.8 Å². The molecule has 0 radical (unpaired) electrons. The molecule has 7 atom stereocenters. The Kier molecular flexibility index (Phi) is 5.94. The highest BCUT2D eigenvalue weighted by molar-refractivity contribution is 5.66. The quantitative estimate of drug-likeness (QED) is 0.359. The Morgan fingerprint density at radius 2 is 1.83 bits per heavy atom. The summed E-state index contributed by atoms with van der Waals surface area (Å²) >= 11 is 0. The summed E-state index contributed by atoms with van der Waals surface area (Å²) in [7, 11) is 0. The highest BCUT2D eigenvalue weighted by Gasteiger charge is 2.75. The Balaban J connectivity index is 1.79. The third kappa shape index (κ3) is 3.87. The van der Waals surface area contributed by atoms with Crippen LogP contribution in [0.5, 0.6) is 0 Å². The van der Waals surface area contributed by atoms with E-state index in [9.17, 15) is 9.59 Å². The van der Waals surface area contributed by atoms with Crippen LogP contribution >= 0.6 is 0 Å². The van der Waals surface area contributed by atoms with Crippen molar-refractivity contribution < 1.29 is 23.8 Å². The molecule has 5 nitrogen and oxygen atoms in total. The molecular formula is C24H38O5. The zero-order valence-corrected chi connectivity index (χ0v) is 19.2. The van der Waals surface area contributed by atoms with Gasteiger partial charge in [0.25, 0.3) is 0 Å². The Bertz CT molecular complexity index is 699. The summed E-state index contributed by atoms with van der Waals surface area (Å²) in [5, 5.41) is 0. The minimum atomic E-state index is -0.247. The minimum Gasteiger partial charge on any atom is -0.462 e. The maximum Gasteiger partial charge on any atom is 0.302 e. The van der Waals surface area contributed by atoms with E-state index in [0.29, 0.717) is 18.4 Å². The molecule has 1 heterocycles. The van der Waals surface area contributed by atoms with Crippen molar-refractivity contribution in [1.29, 1.82) is 0 Å². The summed E-state index contributed by atoms with van der Waals surface area (Å²) in [6, 6.07) is 0. The number of ether oxygens (including phenoxy) is 3. The summed E-state index contributed by atoms with van der Waals surface area (Å²) in [5.74, 6) is 0.571. The topological polar surface area (TPSA) is 65.1 Å². The van der Waals surface area contributed by atoms with Gasteiger partial charge in [0.15, 0.2) is 0 Å². The van der Waals surface area contributed by atoms with Crippen molar-refractivity contribution >= 4 is 11.9 Å². The molecule has 3 fully saturated rings. The van der Waals surface area contributed by atoms with Crippen LogP contribution in [0.25, 0.3) is 0 Å². The average molecular weight is 407 g/mol. The number of hydrogen-bond donors (Lipinski definition) is 0. The van der Waals surface area contributed by atoms with E-state index in [-0.39, 0.29) is 40.6 Å². The lowest BCUT2D eigenvalue weighted by molar-refractivity contribution is -0.158. The largest absolute Gasteiger partial charge is 0.462 e. The maximum atomic E-state index is 11.7.